The maximum absolute atomic E-state index is 13.7. The lowest BCUT2D eigenvalue weighted by Crippen LogP contribution is -1.95. The van der Waals surface area contributed by atoms with Gasteiger partial charge < -0.3 is 10.3 Å². The van der Waals surface area contributed by atoms with Gasteiger partial charge in [0.1, 0.15) is 17.3 Å². The molecule has 0 radical (unpaired) electrons. The van der Waals surface area contributed by atoms with Crippen LogP contribution in [-0.4, -0.2) is 20.3 Å². The summed E-state index contributed by atoms with van der Waals surface area (Å²) in [4.78, 5) is 4.14. The van der Waals surface area contributed by atoms with Gasteiger partial charge >= 0.3 is 0 Å². The number of nitrogens with two attached hydrogens (primary N) is 1. The van der Waals surface area contributed by atoms with Crippen LogP contribution in [0.4, 0.5) is 10.2 Å². The molecule has 0 aliphatic carbocycles. The van der Waals surface area contributed by atoms with Crippen LogP contribution >= 0.6 is 11.6 Å². The van der Waals surface area contributed by atoms with Crippen LogP contribution in [0.15, 0.2) is 28.8 Å². The third-order valence-electron chi connectivity index (χ3n) is 2.69. The van der Waals surface area contributed by atoms with Crippen molar-refractivity contribution in [2.75, 3.05) is 5.73 Å². The normalized spacial score (nSPS) is 10.9. The molecule has 8 heteroatoms. The summed E-state index contributed by atoms with van der Waals surface area (Å²) in [5.41, 5.74) is 6.31. The number of H-pyrrole nitrogens is 1. The Bertz CT molecular complexity index is 734. The van der Waals surface area contributed by atoms with E-state index in [0.717, 1.165) is 0 Å². The van der Waals surface area contributed by atoms with E-state index in [2.05, 4.69) is 20.3 Å². The standard InChI is InChI=1S/C12H9ClFN5O/c13-7-2-1-3-8(14)6(7)4-11-16-12(20-19-11)9-5-10(15)18-17-9/h1-3,5H,4H2,(H3,15,17,18). The summed E-state index contributed by atoms with van der Waals surface area (Å²) in [6.07, 6.45) is 0.138. The minimum Gasteiger partial charge on any atom is -0.382 e. The highest BCUT2D eigenvalue weighted by molar-refractivity contribution is 6.31. The monoisotopic (exact) mass is 293 g/mol. The van der Waals surface area contributed by atoms with Crippen molar-refractivity contribution in [2.24, 2.45) is 0 Å². The first kappa shape index (κ1) is 12.6. The number of halogens is 2. The largest absolute Gasteiger partial charge is 0.382 e. The summed E-state index contributed by atoms with van der Waals surface area (Å²) in [6, 6.07) is 6.04. The zero-order valence-electron chi connectivity index (χ0n) is 10.1. The molecule has 102 valence electrons. The molecule has 0 fully saturated rings. The molecule has 0 atom stereocenters. The molecule has 0 bridgehead atoms. The lowest BCUT2D eigenvalue weighted by molar-refractivity contribution is 0.422. The Morgan fingerprint density at radius 3 is 2.95 bits per heavy atom. The van der Waals surface area contributed by atoms with Gasteiger partial charge in [-0.1, -0.05) is 22.8 Å². The second-order valence-electron chi connectivity index (χ2n) is 4.10. The van der Waals surface area contributed by atoms with E-state index < -0.39 is 5.82 Å². The molecular formula is C12H9ClFN5O. The summed E-state index contributed by atoms with van der Waals surface area (Å²) >= 11 is 5.95. The fourth-order valence-electron chi connectivity index (χ4n) is 1.74. The lowest BCUT2D eigenvalue weighted by Gasteiger charge is -2.01. The van der Waals surface area contributed by atoms with E-state index in [1.807, 2.05) is 0 Å². The molecule has 0 amide bonds. The van der Waals surface area contributed by atoms with Crippen LogP contribution in [0.5, 0.6) is 0 Å². The molecule has 6 nitrogen and oxygen atoms in total. The van der Waals surface area contributed by atoms with E-state index in [-0.39, 0.29) is 12.3 Å². The number of rotatable bonds is 3. The molecule has 0 spiro atoms. The van der Waals surface area contributed by atoms with Crippen LogP contribution < -0.4 is 5.73 Å². The van der Waals surface area contributed by atoms with E-state index in [1.165, 1.54) is 12.1 Å². The second kappa shape index (κ2) is 4.93. The molecule has 20 heavy (non-hydrogen) atoms. The first-order chi connectivity index (χ1) is 9.63. The summed E-state index contributed by atoms with van der Waals surface area (Å²) in [5.74, 6) is 0.461. The predicted molar refractivity (Wildman–Crippen MR) is 70.5 cm³/mol. The van der Waals surface area contributed by atoms with E-state index in [9.17, 15) is 4.39 Å². The smallest absolute Gasteiger partial charge is 0.276 e. The van der Waals surface area contributed by atoms with Crippen LogP contribution in [0.2, 0.25) is 5.02 Å². The maximum atomic E-state index is 13.7. The molecule has 0 saturated carbocycles. The van der Waals surface area contributed by atoms with Crippen molar-refractivity contribution < 1.29 is 8.91 Å². The van der Waals surface area contributed by atoms with Gasteiger partial charge in [-0.3, -0.25) is 5.10 Å². The molecule has 0 aliphatic heterocycles. The predicted octanol–water partition coefficient (Wildman–Crippen LogP) is 2.43. The van der Waals surface area contributed by atoms with E-state index >= 15 is 0 Å². The minimum atomic E-state index is -0.408. The molecule has 3 N–H and O–H groups in total. The molecular weight excluding hydrogens is 285 g/mol. The molecule has 2 aromatic heterocycles. The highest BCUT2D eigenvalue weighted by Crippen LogP contribution is 2.22. The van der Waals surface area contributed by atoms with Gasteiger partial charge in [0.2, 0.25) is 0 Å². The number of anilines is 1. The average molecular weight is 294 g/mol. The number of nitrogens with one attached hydrogen (secondary N) is 1. The van der Waals surface area contributed by atoms with Gasteiger partial charge in [-0.05, 0) is 12.1 Å². The lowest BCUT2D eigenvalue weighted by atomic mass is 10.1. The first-order valence-electron chi connectivity index (χ1n) is 5.70. The van der Waals surface area contributed by atoms with Crippen LogP contribution in [0, 0.1) is 5.82 Å². The highest BCUT2D eigenvalue weighted by Gasteiger charge is 2.14. The Morgan fingerprint density at radius 1 is 1.40 bits per heavy atom. The van der Waals surface area contributed by atoms with Gasteiger partial charge in [-0.2, -0.15) is 10.1 Å². The Hall–Kier alpha value is -2.41. The van der Waals surface area contributed by atoms with Crippen molar-refractivity contribution in [1.82, 2.24) is 20.3 Å². The van der Waals surface area contributed by atoms with Crippen molar-refractivity contribution in [2.45, 2.75) is 6.42 Å². The number of nitrogen functional groups attached to an aromatic ring is 1. The average Bonchev–Trinajstić information content (AvgIpc) is 3.03. The maximum Gasteiger partial charge on any atom is 0.276 e. The Balaban J connectivity index is 1.88. The second-order valence-corrected chi connectivity index (χ2v) is 4.51. The Labute approximate surface area is 117 Å². The van der Waals surface area contributed by atoms with Crippen LogP contribution in [-0.2, 0) is 6.42 Å². The van der Waals surface area contributed by atoms with Crippen molar-refractivity contribution >= 4 is 17.4 Å². The molecule has 0 unspecified atom stereocenters. The van der Waals surface area contributed by atoms with Crippen molar-refractivity contribution in [1.29, 1.82) is 0 Å². The quantitative estimate of drug-likeness (QED) is 0.773. The molecule has 0 aliphatic rings. The molecule has 0 saturated heterocycles. The van der Waals surface area contributed by atoms with Gasteiger partial charge in [0.15, 0.2) is 5.82 Å². The first-order valence-corrected chi connectivity index (χ1v) is 6.08. The number of aromatic nitrogens is 4. The van der Waals surface area contributed by atoms with E-state index in [1.54, 1.807) is 12.1 Å². The third-order valence-corrected chi connectivity index (χ3v) is 3.05. The molecule has 3 rings (SSSR count). The fourth-order valence-corrected chi connectivity index (χ4v) is 1.97. The van der Waals surface area contributed by atoms with Crippen LogP contribution in [0.1, 0.15) is 11.4 Å². The van der Waals surface area contributed by atoms with Crippen molar-refractivity contribution in [3.63, 3.8) is 0 Å². The van der Waals surface area contributed by atoms with Crippen LogP contribution in [0.3, 0.4) is 0 Å². The number of hydrogen-bond acceptors (Lipinski definition) is 5. The number of hydrogen-bond donors (Lipinski definition) is 2. The fraction of sp³-hybridized carbons (Fsp3) is 0.0833. The van der Waals surface area contributed by atoms with Gasteiger partial charge in [0.25, 0.3) is 5.89 Å². The van der Waals surface area contributed by atoms with Gasteiger partial charge in [-0.25, -0.2) is 4.39 Å². The summed E-state index contributed by atoms with van der Waals surface area (Å²) < 4.78 is 18.7. The van der Waals surface area contributed by atoms with Crippen molar-refractivity contribution in [3.05, 3.63) is 46.5 Å². The van der Waals surface area contributed by atoms with Gasteiger partial charge in [0, 0.05) is 23.1 Å². The van der Waals surface area contributed by atoms with Gasteiger partial charge in [-0.15, -0.1) is 0 Å². The zero-order valence-corrected chi connectivity index (χ0v) is 10.9. The SMILES string of the molecule is Nc1cc(-c2nc(Cc3c(F)cccc3Cl)no2)[nH]n1. The summed E-state index contributed by atoms with van der Waals surface area (Å²) in [7, 11) is 0. The van der Waals surface area contributed by atoms with E-state index in [0.29, 0.717) is 27.9 Å². The molecule has 2 heterocycles. The highest BCUT2D eigenvalue weighted by atomic mass is 35.5. The van der Waals surface area contributed by atoms with E-state index in [4.69, 9.17) is 21.9 Å². The summed E-state index contributed by atoms with van der Waals surface area (Å²) in [5, 5.41) is 10.5. The topological polar surface area (TPSA) is 93.6 Å². The zero-order chi connectivity index (χ0) is 14.1. The van der Waals surface area contributed by atoms with Gasteiger partial charge in [0.05, 0.1) is 0 Å². The number of aromatic amines is 1. The molecule has 1 aromatic carbocycles. The van der Waals surface area contributed by atoms with Crippen LogP contribution in [0.25, 0.3) is 11.6 Å². The minimum absolute atomic E-state index is 0.138. The Morgan fingerprint density at radius 2 is 2.25 bits per heavy atom. The molecule has 3 aromatic rings. The third kappa shape index (κ3) is 2.35. The Kier molecular flexibility index (Phi) is 3.11. The summed E-state index contributed by atoms with van der Waals surface area (Å²) in [6.45, 7) is 0. The number of benzene rings is 1. The van der Waals surface area contributed by atoms with Crippen molar-refractivity contribution in [3.8, 4) is 11.6 Å². The number of nitrogens with zero attached hydrogens (tertiary/aromatic N) is 3.